The summed E-state index contributed by atoms with van der Waals surface area (Å²) in [5, 5.41) is 10.6. The minimum absolute atomic E-state index is 0.102. The number of unbranched alkanes of at least 4 members (excludes halogenated alkanes) is 40. The van der Waals surface area contributed by atoms with Crippen molar-refractivity contribution in [2.75, 3.05) is 39.6 Å². The van der Waals surface area contributed by atoms with Crippen molar-refractivity contribution in [3.05, 3.63) is 0 Å². The highest BCUT2D eigenvalue weighted by Gasteiger charge is 2.30. The van der Waals surface area contributed by atoms with Gasteiger partial charge >= 0.3 is 39.5 Å². The third-order valence-corrected chi connectivity index (χ3v) is 18.4. The fraction of sp³-hybridized carbons (Fsp3) is 0.944. The normalized spacial score (nSPS) is 14.1. The molecule has 0 aromatic carbocycles. The molecule has 0 aliphatic heterocycles. The summed E-state index contributed by atoms with van der Waals surface area (Å²) in [6.07, 6.45) is 48.9. The van der Waals surface area contributed by atoms with Crippen molar-refractivity contribution in [1.29, 1.82) is 0 Å². The molecule has 0 radical (unpaired) electrons. The quantitative estimate of drug-likeness (QED) is 0.0222. The molecule has 0 aromatic rings. The summed E-state index contributed by atoms with van der Waals surface area (Å²) in [6, 6.07) is 0. The maximum absolute atomic E-state index is 13.0. The summed E-state index contributed by atoms with van der Waals surface area (Å²) in [5.41, 5.74) is 0. The number of phosphoric acid groups is 2. The van der Waals surface area contributed by atoms with Crippen LogP contribution in [0.1, 0.15) is 363 Å². The first-order chi connectivity index (χ1) is 43.4. The highest BCUT2D eigenvalue weighted by atomic mass is 31.2. The number of aliphatic hydroxyl groups is 1. The lowest BCUT2D eigenvalue weighted by Gasteiger charge is -2.21. The Morgan fingerprint density at radius 1 is 0.300 bits per heavy atom. The Kier molecular flexibility index (Phi) is 61.8. The third kappa shape index (κ3) is 64.8. The Morgan fingerprint density at radius 2 is 0.511 bits per heavy atom. The van der Waals surface area contributed by atoms with E-state index in [9.17, 15) is 43.2 Å². The molecular formula is C71H138O17P2. The van der Waals surface area contributed by atoms with E-state index >= 15 is 0 Å². The van der Waals surface area contributed by atoms with Gasteiger partial charge in [-0.2, -0.15) is 0 Å². The van der Waals surface area contributed by atoms with E-state index in [4.69, 9.17) is 37.0 Å². The molecule has 0 spiro atoms. The van der Waals surface area contributed by atoms with Gasteiger partial charge in [-0.15, -0.1) is 0 Å². The van der Waals surface area contributed by atoms with Gasteiger partial charge in [0, 0.05) is 25.7 Å². The van der Waals surface area contributed by atoms with Crippen molar-refractivity contribution >= 4 is 39.5 Å². The smallest absolute Gasteiger partial charge is 0.462 e. The summed E-state index contributed by atoms with van der Waals surface area (Å²) in [7, 11) is -9.89. The molecule has 0 amide bonds. The molecular weight excluding hydrogens is 1190 g/mol. The van der Waals surface area contributed by atoms with Crippen molar-refractivity contribution in [2.45, 2.75) is 381 Å². The average Bonchev–Trinajstić information content (AvgIpc) is 3.71. The molecule has 3 N–H and O–H groups in total. The SMILES string of the molecule is CCCCCCCCCCCCCCCCCCC(=O)OC[C@H](COP(=O)(O)OC[C@@H](O)COP(=O)(O)OC[C@@H](COC(=O)CCCCCCCCC)OC(=O)CCCCCCCCC(C)C)OC(=O)CCCCCCCCCCCCCCCCCC(C)C. The Balaban J connectivity index is 5.18. The number of rotatable bonds is 70. The van der Waals surface area contributed by atoms with Gasteiger partial charge in [0.05, 0.1) is 26.4 Å². The van der Waals surface area contributed by atoms with Gasteiger partial charge in [0.2, 0.25) is 0 Å². The van der Waals surface area contributed by atoms with Crippen LogP contribution in [-0.4, -0.2) is 96.7 Å². The first-order valence-corrected chi connectivity index (χ1v) is 40.0. The fourth-order valence-corrected chi connectivity index (χ4v) is 12.3. The fourth-order valence-electron chi connectivity index (χ4n) is 10.8. The molecule has 0 saturated heterocycles. The van der Waals surface area contributed by atoms with Crippen LogP contribution in [0.3, 0.4) is 0 Å². The average molecular weight is 1330 g/mol. The van der Waals surface area contributed by atoms with E-state index in [0.717, 1.165) is 109 Å². The van der Waals surface area contributed by atoms with Crippen LogP contribution >= 0.6 is 15.6 Å². The lowest BCUT2D eigenvalue weighted by Crippen LogP contribution is -2.30. The van der Waals surface area contributed by atoms with Crippen LogP contribution in [-0.2, 0) is 65.4 Å². The maximum Gasteiger partial charge on any atom is 0.472 e. The number of phosphoric ester groups is 2. The molecule has 90 heavy (non-hydrogen) atoms. The van der Waals surface area contributed by atoms with Crippen molar-refractivity contribution < 1.29 is 80.2 Å². The summed E-state index contributed by atoms with van der Waals surface area (Å²) >= 11 is 0. The molecule has 5 atom stereocenters. The van der Waals surface area contributed by atoms with Crippen LogP contribution in [0.15, 0.2) is 0 Å². The third-order valence-electron chi connectivity index (χ3n) is 16.5. The van der Waals surface area contributed by atoms with E-state index in [-0.39, 0.29) is 25.7 Å². The van der Waals surface area contributed by atoms with Crippen LogP contribution in [0, 0.1) is 11.8 Å². The number of hydrogen-bond donors (Lipinski definition) is 3. The first kappa shape index (κ1) is 88.1. The molecule has 0 saturated carbocycles. The Hall–Kier alpha value is -1.94. The number of ether oxygens (including phenoxy) is 4. The molecule has 0 aliphatic rings. The maximum atomic E-state index is 13.0. The highest BCUT2D eigenvalue weighted by Crippen LogP contribution is 2.45. The van der Waals surface area contributed by atoms with E-state index in [0.29, 0.717) is 31.6 Å². The predicted octanol–water partition coefficient (Wildman–Crippen LogP) is 20.4. The zero-order valence-corrected chi connectivity index (χ0v) is 60.2. The van der Waals surface area contributed by atoms with Gasteiger partial charge in [-0.3, -0.25) is 37.3 Å². The number of carbonyl (C=O) groups excluding carboxylic acids is 4. The number of aliphatic hydroxyl groups excluding tert-OH is 1. The monoisotopic (exact) mass is 1320 g/mol. The number of hydrogen-bond acceptors (Lipinski definition) is 15. The zero-order chi connectivity index (χ0) is 66.5. The highest BCUT2D eigenvalue weighted by molar-refractivity contribution is 7.47. The standard InChI is InChI=1S/C71H138O17P2/c1-7-9-11-13-15-16-17-18-19-22-25-28-31-35-42-48-54-69(74)82-60-66(87-70(75)55-49-43-36-32-29-26-23-20-21-24-27-30-34-39-45-51-63(3)4)61-85-89(77,78)83-57-65(72)58-84-90(79,80)86-62-67(59-81-68(73)53-47-41-33-14-12-10-8-2)88-71(76)56-50-44-38-37-40-46-52-64(5)6/h63-67,72H,7-62H2,1-6H3,(H,77,78)(H,79,80)/t65-,66-,67-/m1/s1. The summed E-state index contributed by atoms with van der Waals surface area (Å²) in [6.45, 7) is 9.45. The molecule has 19 heteroatoms. The molecule has 17 nitrogen and oxygen atoms in total. The van der Waals surface area contributed by atoms with Crippen molar-refractivity contribution in [2.24, 2.45) is 11.8 Å². The van der Waals surface area contributed by atoms with Gasteiger partial charge < -0.3 is 33.8 Å². The minimum atomic E-state index is -4.95. The van der Waals surface area contributed by atoms with Crippen LogP contribution in [0.25, 0.3) is 0 Å². The zero-order valence-electron chi connectivity index (χ0n) is 58.4. The lowest BCUT2D eigenvalue weighted by atomic mass is 10.0. The van der Waals surface area contributed by atoms with E-state index in [1.807, 2.05) is 0 Å². The van der Waals surface area contributed by atoms with Gasteiger partial charge in [-0.25, -0.2) is 9.13 Å². The van der Waals surface area contributed by atoms with E-state index in [2.05, 4.69) is 41.5 Å². The van der Waals surface area contributed by atoms with Gasteiger partial charge in [0.25, 0.3) is 0 Å². The molecule has 0 heterocycles. The predicted molar refractivity (Wildman–Crippen MR) is 363 cm³/mol. The summed E-state index contributed by atoms with van der Waals surface area (Å²) in [4.78, 5) is 72.4. The first-order valence-electron chi connectivity index (χ1n) is 37.0. The second-order valence-corrected chi connectivity index (χ2v) is 29.5. The van der Waals surface area contributed by atoms with Gasteiger partial charge in [0.15, 0.2) is 12.2 Å². The van der Waals surface area contributed by atoms with Crippen molar-refractivity contribution in [3.63, 3.8) is 0 Å². The lowest BCUT2D eigenvalue weighted by molar-refractivity contribution is -0.161. The molecule has 0 rings (SSSR count). The van der Waals surface area contributed by atoms with E-state index in [1.165, 1.54) is 167 Å². The van der Waals surface area contributed by atoms with Crippen LogP contribution in [0.5, 0.6) is 0 Å². The Morgan fingerprint density at radius 3 is 0.756 bits per heavy atom. The van der Waals surface area contributed by atoms with Crippen LogP contribution in [0.4, 0.5) is 0 Å². The van der Waals surface area contributed by atoms with Gasteiger partial charge in [-0.05, 0) is 37.5 Å². The van der Waals surface area contributed by atoms with Crippen LogP contribution in [0.2, 0.25) is 0 Å². The van der Waals surface area contributed by atoms with E-state index < -0.39 is 97.5 Å². The second-order valence-electron chi connectivity index (χ2n) is 26.6. The summed E-state index contributed by atoms with van der Waals surface area (Å²) in [5.74, 6) is -0.659. The van der Waals surface area contributed by atoms with Crippen molar-refractivity contribution in [3.8, 4) is 0 Å². The van der Waals surface area contributed by atoms with E-state index in [1.54, 1.807) is 0 Å². The Bertz CT molecular complexity index is 1750. The molecule has 534 valence electrons. The van der Waals surface area contributed by atoms with Gasteiger partial charge in [-0.1, -0.05) is 311 Å². The molecule has 2 unspecified atom stereocenters. The summed E-state index contributed by atoms with van der Waals surface area (Å²) < 4.78 is 68.2. The Labute approximate surface area is 549 Å². The van der Waals surface area contributed by atoms with Gasteiger partial charge in [0.1, 0.15) is 19.3 Å². The molecule has 0 aliphatic carbocycles. The second kappa shape index (κ2) is 63.1. The molecule has 0 fully saturated rings. The minimum Gasteiger partial charge on any atom is -0.462 e. The number of esters is 4. The van der Waals surface area contributed by atoms with Crippen LogP contribution < -0.4 is 0 Å². The molecule has 0 bridgehead atoms. The molecule has 0 aromatic heterocycles. The topological polar surface area (TPSA) is 237 Å². The largest absolute Gasteiger partial charge is 0.472 e. The van der Waals surface area contributed by atoms with Crippen molar-refractivity contribution in [1.82, 2.24) is 0 Å². The number of carbonyl (C=O) groups is 4.